The third-order valence-electron chi connectivity index (χ3n) is 1.67. The van der Waals surface area contributed by atoms with Gasteiger partial charge in [-0.25, -0.2) is 4.79 Å². The Morgan fingerprint density at radius 1 is 1.60 bits per heavy atom. The fourth-order valence-electron chi connectivity index (χ4n) is 1.01. The summed E-state index contributed by atoms with van der Waals surface area (Å²) in [4.78, 5) is 22.0. The molecule has 1 amide bonds. The fraction of sp³-hybridized carbons (Fsp3) is 0.444. The number of nitrogens with zero attached hydrogens (tertiary/aromatic N) is 2. The molecule has 82 valence electrons. The van der Waals surface area contributed by atoms with Crippen LogP contribution in [0.25, 0.3) is 0 Å². The Kier molecular flexibility index (Phi) is 3.84. The summed E-state index contributed by atoms with van der Waals surface area (Å²) in [7, 11) is 1.77. The molecule has 0 aliphatic carbocycles. The Balaban J connectivity index is 2.37. The maximum absolute atomic E-state index is 11.1. The zero-order valence-corrected chi connectivity index (χ0v) is 8.69. The van der Waals surface area contributed by atoms with Crippen LogP contribution in [0, 0.1) is 0 Å². The topological polar surface area (TPSA) is 73.2 Å². The van der Waals surface area contributed by atoms with Crippen molar-refractivity contribution in [1.29, 1.82) is 0 Å². The lowest BCUT2D eigenvalue weighted by Gasteiger charge is -2.02. The van der Waals surface area contributed by atoms with E-state index in [1.807, 2.05) is 0 Å². The van der Waals surface area contributed by atoms with Crippen LogP contribution >= 0.6 is 0 Å². The Morgan fingerprint density at radius 3 is 2.87 bits per heavy atom. The Morgan fingerprint density at radius 2 is 2.33 bits per heavy atom. The quantitative estimate of drug-likeness (QED) is 0.545. The van der Waals surface area contributed by atoms with Crippen LogP contribution in [0.5, 0.6) is 0 Å². The van der Waals surface area contributed by atoms with Crippen LogP contribution in [-0.4, -0.2) is 28.3 Å². The molecule has 0 saturated carbocycles. The van der Waals surface area contributed by atoms with Gasteiger partial charge in [0.15, 0.2) is 0 Å². The van der Waals surface area contributed by atoms with Crippen LogP contribution in [0.4, 0.5) is 0 Å². The molecule has 0 aliphatic rings. The normalized spacial score (nSPS) is 9.73. The first kappa shape index (κ1) is 11.2. The van der Waals surface area contributed by atoms with Gasteiger partial charge in [0, 0.05) is 25.4 Å². The number of aryl methyl sites for hydroxylation is 1. The van der Waals surface area contributed by atoms with E-state index in [9.17, 15) is 9.59 Å². The van der Waals surface area contributed by atoms with E-state index in [-0.39, 0.29) is 13.2 Å². The number of nitrogens with one attached hydrogen (secondary N) is 1. The molecule has 0 unspecified atom stereocenters. The molecular weight excluding hydrogens is 198 g/mol. The monoisotopic (exact) mass is 211 g/mol. The number of rotatable bonds is 3. The average Bonchev–Trinajstić information content (AvgIpc) is 2.61. The molecule has 6 nitrogen and oxygen atoms in total. The number of aromatic nitrogens is 2. The minimum Gasteiger partial charge on any atom is -0.459 e. The number of hydrogen-bond donors (Lipinski definition) is 1. The second-order valence-electron chi connectivity index (χ2n) is 2.93. The van der Waals surface area contributed by atoms with E-state index in [4.69, 9.17) is 0 Å². The molecule has 6 heteroatoms. The molecule has 1 heterocycles. The van der Waals surface area contributed by atoms with Crippen LogP contribution in [-0.2, 0) is 27.9 Å². The Hall–Kier alpha value is -1.85. The molecule has 0 aromatic carbocycles. The Bertz CT molecular complexity index is 359. The van der Waals surface area contributed by atoms with Gasteiger partial charge in [-0.05, 0) is 6.92 Å². The van der Waals surface area contributed by atoms with Gasteiger partial charge in [-0.2, -0.15) is 5.10 Å². The van der Waals surface area contributed by atoms with Crippen LogP contribution in [0.2, 0.25) is 0 Å². The van der Waals surface area contributed by atoms with Gasteiger partial charge in [0.25, 0.3) is 0 Å². The van der Waals surface area contributed by atoms with E-state index >= 15 is 0 Å². The maximum Gasteiger partial charge on any atom is 0.396 e. The van der Waals surface area contributed by atoms with Gasteiger partial charge >= 0.3 is 11.9 Å². The summed E-state index contributed by atoms with van der Waals surface area (Å²) in [5, 5.41) is 6.35. The van der Waals surface area contributed by atoms with Crippen LogP contribution in [0.15, 0.2) is 12.4 Å². The molecule has 0 aliphatic heterocycles. The highest BCUT2D eigenvalue weighted by molar-refractivity contribution is 6.32. The van der Waals surface area contributed by atoms with Gasteiger partial charge in [0.2, 0.25) is 0 Å². The standard InChI is InChI=1S/C9H13N3O3/c1-3-15-9(14)8(13)10-4-7-5-11-12(2)6-7/h5-6H,3-4H2,1-2H3,(H,10,13). The minimum atomic E-state index is -0.860. The van der Waals surface area contributed by atoms with Crippen molar-refractivity contribution in [2.45, 2.75) is 13.5 Å². The number of carbonyl (C=O) groups excluding carboxylic acids is 2. The lowest BCUT2D eigenvalue weighted by atomic mass is 10.3. The first-order chi connectivity index (χ1) is 7.13. The molecule has 0 atom stereocenters. The maximum atomic E-state index is 11.1. The fourth-order valence-corrected chi connectivity index (χ4v) is 1.01. The van der Waals surface area contributed by atoms with E-state index in [0.717, 1.165) is 5.56 Å². The second kappa shape index (κ2) is 5.14. The highest BCUT2D eigenvalue weighted by atomic mass is 16.5. The van der Waals surface area contributed by atoms with Crippen LogP contribution in [0.1, 0.15) is 12.5 Å². The number of amides is 1. The molecular formula is C9H13N3O3. The van der Waals surface area contributed by atoms with Crippen LogP contribution in [0.3, 0.4) is 0 Å². The highest BCUT2D eigenvalue weighted by Gasteiger charge is 2.13. The largest absolute Gasteiger partial charge is 0.459 e. The third kappa shape index (κ3) is 3.41. The minimum absolute atomic E-state index is 0.194. The molecule has 0 radical (unpaired) electrons. The predicted octanol–water partition coefficient (Wildman–Crippen LogP) is -0.401. The number of carbonyl (C=O) groups is 2. The SMILES string of the molecule is CCOC(=O)C(=O)NCc1cnn(C)c1. The number of hydrogen-bond acceptors (Lipinski definition) is 4. The van der Waals surface area contributed by atoms with E-state index in [2.05, 4.69) is 15.2 Å². The molecule has 1 N–H and O–H groups in total. The van der Waals surface area contributed by atoms with Crippen molar-refractivity contribution in [3.63, 3.8) is 0 Å². The van der Waals surface area contributed by atoms with Gasteiger partial charge in [-0.15, -0.1) is 0 Å². The number of ether oxygens (including phenoxy) is 1. The molecule has 15 heavy (non-hydrogen) atoms. The van der Waals surface area contributed by atoms with Gasteiger partial charge < -0.3 is 10.1 Å². The summed E-state index contributed by atoms with van der Waals surface area (Å²) in [6, 6.07) is 0. The van der Waals surface area contributed by atoms with Crippen molar-refractivity contribution in [2.24, 2.45) is 7.05 Å². The van der Waals surface area contributed by atoms with Gasteiger partial charge in [0.1, 0.15) is 0 Å². The molecule has 1 aromatic rings. The Labute approximate surface area is 87.2 Å². The average molecular weight is 211 g/mol. The van der Waals surface area contributed by atoms with Gasteiger partial charge in [0.05, 0.1) is 12.8 Å². The van der Waals surface area contributed by atoms with Crippen molar-refractivity contribution >= 4 is 11.9 Å². The first-order valence-corrected chi connectivity index (χ1v) is 4.56. The summed E-state index contributed by atoms with van der Waals surface area (Å²) in [6.45, 7) is 2.11. The zero-order chi connectivity index (χ0) is 11.3. The third-order valence-corrected chi connectivity index (χ3v) is 1.67. The summed E-state index contributed by atoms with van der Waals surface area (Å²) in [6.07, 6.45) is 3.37. The van der Waals surface area contributed by atoms with E-state index in [1.54, 1.807) is 31.0 Å². The first-order valence-electron chi connectivity index (χ1n) is 4.56. The highest BCUT2D eigenvalue weighted by Crippen LogP contribution is 1.94. The molecule has 1 rings (SSSR count). The van der Waals surface area contributed by atoms with E-state index in [0.29, 0.717) is 0 Å². The summed E-state index contributed by atoms with van der Waals surface area (Å²) in [5.74, 6) is -1.60. The van der Waals surface area contributed by atoms with E-state index in [1.165, 1.54) is 0 Å². The zero-order valence-electron chi connectivity index (χ0n) is 8.69. The lowest BCUT2D eigenvalue weighted by molar-refractivity contribution is -0.154. The van der Waals surface area contributed by atoms with Crippen molar-refractivity contribution in [3.8, 4) is 0 Å². The van der Waals surface area contributed by atoms with E-state index < -0.39 is 11.9 Å². The summed E-state index contributed by atoms with van der Waals surface area (Å²) < 4.78 is 6.14. The summed E-state index contributed by atoms with van der Waals surface area (Å²) >= 11 is 0. The molecule has 0 fully saturated rings. The van der Waals surface area contributed by atoms with Gasteiger partial charge in [-0.3, -0.25) is 9.48 Å². The van der Waals surface area contributed by atoms with Crippen LogP contribution < -0.4 is 5.32 Å². The lowest BCUT2D eigenvalue weighted by Crippen LogP contribution is -2.31. The summed E-state index contributed by atoms with van der Waals surface area (Å²) in [5.41, 5.74) is 0.829. The predicted molar refractivity (Wildman–Crippen MR) is 51.7 cm³/mol. The molecule has 0 spiro atoms. The van der Waals surface area contributed by atoms with Crippen molar-refractivity contribution in [1.82, 2.24) is 15.1 Å². The molecule has 0 bridgehead atoms. The van der Waals surface area contributed by atoms with Crippen molar-refractivity contribution in [2.75, 3.05) is 6.61 Å². The van der Waals surface area contributed by atoms with Gasteiger partial charge in [-0.1, -0.05) is 0 Å². The van der Waals surface area contributed by atoms with Crippen molar-refractivity contribution in [3.05, 3.63) is 18.0 Å². The number of esters is 1. The molecule has 0 saturated heterocycles. The smallest absolute Gasteiger partial charge is 0.396 e. The second-order valence-corrected chi connectivity index (χ2v) is 2.93. The molecule has 1 aromatic heterocycles. The van der Waals surface area contributed by atoms with Crippen molar-refractivity contribution < 1.29 is 14.3 Å².